The first kappa shape index (κ1) is 18.4. The number of nitrogens with zero attached hydrogens (tertiary/aromatic N) is 6. The Bertz CT molecular complexity index is 1160. The third-order valence-corrected chi connectivity index (χ3v) is 5.63. The quantitative estimate of drug-likeness (QED) is 0.566. The van der Waals surface area contributed by atoms with Gasteiger partial charge in [-0.3, -0.25) is 19.4 Å². The largest absolute Gasteiger partial charge is 0.349 e. The number of hydrogen-bond donors (Lipinski definition) is 1. The Balaban J connectivity index is 1.22. The van der Waals surface area contributed by atoms with Gasteiger partial charge in [0.15, 0.2) is 0 Å². The van der Waals surface area contributed by atoms with Gasteiger partial charge in [0, 0.05) is 36.4 Å². The van der Waals surface area contributed by atoms with Gasteiger partial charge in [-0.05, 0) is 43.9 Å². The van der Waals surface area contributed by atoms with E-state index in [1.54, 1.807) is 31.0 Å². The van der Waals surface area contributed by atoms with Crippen molar-refractivity contribution in [1.29, 1.82) is 0 Å². The predicted molar refractivity (Wildman–Crippen MR) is 112 cm³/mol. The Labute approximate surface area is 173 Å². The standard InChI is InChI=1S/C22H21N7O/c30-22(18-2-1-3-20-21(18)25-11-10-24-20)28-16-4-6-17(7-5-16)29-13-15(12-27-29)19-8-9-23-14-26-19/h1-3,8-14,16-17H,4-7H2,(H,28,30). The van der Waals surface area contributed by atoms with E-state index in [0.717, 1.165) is 42.5 Å². The highest BCUT2D eigenvalue weighted by Gasteiger charge is 2.25. The van der Waals surface area contributed by atoms with Gasteiger partial charge in [0.25, 0.3) is 5.91 Å². The molecule has 30 heavy (non-hydrogen) atoms. The van der Waals surface area contributed by atoms with E-state index in [1.807, 2.05) is 35.3 Å². The van der Waals surface area contributed by atoms with Crippen LogP contribution < -0.4 is 5.32 Å². The third kappa shape index (κ3) is 3.63. The lowest BCUT2D eigenvalue weighted by molar-refractivity contribution is 0.0923. The number of rotatable bonds is 4. The van der Waals surface area contributed by atoms with Gasteiger partial charge < -0.3 is 5.32 Å². The van der Waals surface area contributed by atoms with Gasteiger partial charge in [0.2, 0.25) is 0 Å². The van der Waals surface area contributed by atoms with Crippen molar-refractivity contribution in [3.8, 4) is 11.3 Å². The number of benzene rings is 1. The maximum atomic E-state index is 12.8. The second-order valence-corrected chi connectivity index (χ2v) is 7.51. The van der Waals surface area contributed by atoms with Crippen LogP contribution in [0.1, 0.15) is 42.1 Å². The van der Waals surface area contributed by atoms with Crippen LogP contribution in [0.4, 0.5) is 0 Å². The van der Waals surface area contributed by atoms with Gasteiger partial charge >= 0.3 is 0 Å². The first-order valence-corrected chi connectivity index (χ1v) is 10.1. The second kappa shape index (κ2) is 7.98. The van der Waals surface area contributed by atoms with Gasteiger partial charge in [-0.15, -0.1) is 0 Å². The molecule has 1 fully saturated rings. The molecular weight excluding hydrogens is 378 g/mol. The highest BCUT2D eigenvalue weighted by Crippen LogP contribution is 2.29. The van der Waals surface area contributed by atoms with E-state index >= 15 is 0 Å². The van der Waals surface area contributed by atoms with Crippen molar-refractivity contribution >= 4 is 16.9 Å². The maximum absolute atomic E-state index is 12.8. The molecule has 1 aromatic carbocycles. The summed E-state index contributed by atoms with van der Waals surface area (Å²) in [6, 6.07) is 7.87. The fraction of sp³-hybridized carbons (Fsp3) is 0.273. The van der Waals surface area contributed by atoms with Crippen molar-refractivity contribution in [1.82, 2.24) is 35.0 Å². The maximum Gasteiger partial charge on any atom is 0.253 e. The fourth-order valence-electron chi connectivity index (χ4n) is 4.06. The van der Waals surface area contributed by atoms with Gasteiger partial charge in [-0.1, -0.05) is 6.07 Å². The lowest BCUT2D eigenvalue weighted by atomic mass is 9.91. The van der Waals surface area contributed by atoms with E-state index < -0.39 is 0 Å². The molecule has 0 saturated heterocycles. The monoisotopic (exact) mass is 399 g/mol. The number of aromatic nitrogens is 6. The van der Waals surface area contributed by atoms with Crippen LogP contribution in [0.5, 0.6) is 0 Å². The summed E-state index contributed by atoms with van der Waals surface area (Å²) < 4.78 is 2.02. The van der Waals surface area contributed by atoms with Crippen molar-refractivity contribution < 1.29 is 4.79 Å². The van der Waals surface area contributed by atoms with Gasteiger partial charge in [0.1, 0.15) is 11.8 Å². The summed E-state index contributed by atoms with van der Waals surface area (Å²) in [7, 11) is 0. The minimum atomic E-state index is -0.0883. The summed E-state index contributed by atoms with van der Waals surface area (Å²) in [5.74, 6) is -0.0883. The first-order chi connectivity index (χ1) is 14.8. The molecule has 1 N–H and O–H groups in total. The molecule has 1 aliphatic carbocycles. The first-order valence-electron chi connectivity index (χ1n) is 10.1. The van der Waals surface area contributed by atoms with Gasteiger partial charge in [-0.25, -0.2) is 9.97 Å². The van der Waals surface area contributed by atoms with Crippen LogP contribution in [0, 0.1) is 0 Å². The average molecular weight is 399 g/mol. The molecule has 8 nitrogen and oxygen atoms in total. The molecule has 150 valence electrons. The number of carbonyl (C=O) groups is 1. The smallest absolute Gasteiger partial charge is 0.253 e. The molecule has 1 amide bonds. The predicted octanol–water partition coefficient (Wildman–Crippen LogP) is 3.20. The summed E-state index contributed by atoms with van der Waals surface area (Å²) >= 11 is 0. The van der Waals surface area contributed by atoms with E-state index in [0.29, 0.717) is 17.1 Å². The zero-order valence-corrected chi connectivity index (χ0v) is 16.3. The minimum absolute atomic E-state index is 0.0883. The van der Waals surface area contributed by atoms with Gasteiger partial charge in [-0.2, -0.15) is 5.10 Å². The van der Waals surface area contributed by atoms with Crippen LogP contribution in [0.3, 0.4) is 0 Å². The zero-order chi connectivity index (χ0) is 20.3. The lowest BCUT2D eigenvalue weighted by Crippen LogP contribution is -2.38. The van der Waals surface area contributed by atoms with E-state index in [-0.39, 0.29) is 11.9 Å². The number of fused-ring (bicyclic) bond motifs is 1. The summed E-state index contributed by atoms with van der Waals surface area (Å²) in [5.41, 5.74) is 3.80. The number of para-hydroxylation sites is 1. The molecule has 5 rings (SSSR count). The zero-order valence-electron chi connectivity index (χ0n) is 16.3. The van der Waals surface area contributed by atoms with Crippen LogP contribution >= 0.6 is 0 Å². The van der Waals surface area contributed by atoms with Crippen LogP contribution in [0.15, 0.2) is 61.6 Å². The van der Waals surface area contributed by atoms with Crippen LogP contribution in [0.2, 0.25) is 0 Å². The molecule has 0 spiro atoms. The van der Waals surface area contributed by atoms with Crippen molar-refractivity contribution in [2.24, 2.45) is 0 Å². The van der Waals surface area contributed by atoms with Crippen LogP contribution in [-0.2, 0) is 0 Å². The SMILES string of the molecule is O=C(NC1CCC(n2cc(-c3ccncn3)cn2)CC1)c1cccc2nccnc12. The second-order valence-electron chi connectivity index (χ2n) is 7.51. The minimum Gasteiger partial charge on any atom is -0.349 e. The van der Waals surface area contributed by atoms with E-state index in [2.05, 4.69) is 30.4 Å². The Morgan fingerprint density at radius 2 is 1.87 bits per heavy atom. The Kier molecular flexibility index (Phi) is 4.88. The Morgan fingerprint density at radius 3 is 2.70 bits per heavy atom. The van der Waals surface area contributed by atoms with Crippen molar-refractivity contribution in [3.63, 3.8) is 0 Å². The molecule has 3 aromatic heterocycles. The molecule has 0 radical (unpaired) electrons. The van der Waals surface area contributed by atoms with Crippen molar-refractivity contribution in [3.05, 3.63) is 67.1 Å². The topological polar surface area (TPSA) is 98.5 Å². The average Bonchev–Trinajstić information content (AvgIpc) is 3.30. The van der Waals surface area contributed by atoms with Crippen molar-refractivity contribution in [2.75, 3.05) is 0 Å². The molecule has 3 heterocycles. The summed E-state index contributed by atoms with van der Waals surface area (Å²) in [6.45, 7) is 0. The molecule has 8 heteroatoms. The normalized spacial score (nSPS) is 18.9. The number of carbonyl (C=O) groups excluding carboxylic acids is 1. The molecular formula is C22H21N7O. The van der Waals surface area contributed by atoms with Crippen molar-refractivity contribution in [2.45, 2.75) is 37.8 Å². The lowest BCUT2D eigenvalue weighted by Gasteiger charge is -2.29. The van der Waals surface area contributed by atoms with E-state index in [9.17, 15) is 4.79 Å². The Hall–Kier alpha value is -3.68. The van der Waals surface area contributed by atoms with E-state index in [4.69, 9.17) is 0 Å². The molecule has 0 atom stereocenters. The fourth-order valence-corrected chi connectivity index (χ4v) is 4.06. The number of hydrogen-bond acceptors (Lipinski definition) is 6. The highest BCUT2D eigenvalue weighted by molar-refractivity contribution is 6.04. The van der Waals surface area contributed by atoms with Crippen LogP contribution in [-0.4, -0.2) is 41.7 Å². The summed E-state index contributed by atoms with van der Waals surface area (Å²) in [6.07, 6.45) is 14.2. The Morgan fingerprint density at radius 1 is 1.00 bits per heavy atom. The third-order valence-electron chi connectivity index (χ3n) is 5.63. The van der Waals surface area contributed by atoms with Crippen LogP contribution in [0.25, 0.3) is 22.3 Å². The molecule has 1 saturated carbocycles. The summed E-state index contributed by atoms with van der Waals surface area (Å²) in [4.78, 5) is 29.7. The molecule has 0 unspecified atom stereocenters. The number of nitrogens with one attached hydrogen (secondary N) is 1. The highest BCUT2D eigenvalue weighted by atomic mass is 16.1. The number of amides is 1. The van der Waals surface area contributed by atoms with Gasteiger partial charge in [0.05, 0.1) is 29.0 Å². The molecule has 0 bridgehead atoms. The molecule has 4 aromatic rings. The van der Waals surface area contributed by atoms with E-state index in [1.165, 1.54) is 0 Å². The molecule has 1 aliphatic rings. The molecule has 0 aliphatic heterocycles. The summed E-state index contributed by atoms with van der Waals surface area (Å²) in [5, 5.41) is 7.71.